The van der Waals surface area contributed by atoms with E-state index in [4.69, 9.17) is 10.5 Å². The number of carbonyl (C=O) groups is 1. The smallest absolute Gasteiger partial charge is 0.408 e. The average molecular weight is 354 g/mol. The van der Waals surface area contributed by atoms with Crippen LogP contribution in [0.1, 0.15) is 39.3 Å². The highest BCUT2D eigenvalue weighted by Gasteiger charge is 2.18. The second-order valence-electron chi connectivity index (χ2n) is 7.01. The Hall–Kier alpha value is -3.16. The summed E-state index contributed by atoms with van der Waals surface area (Å²) in [7, 11) is 0. The number of hydrogen-bond donors (Lipinski definition) is 2. The third-order valence-corrected chi connectivity index (χ3v) is 3.77. The zero-order valence-electron chi connectivity index (χ0n) is 15.2. The highest BCUT2D eigenvalue weighted by Crippen LogP contribution is 2.21. The molecule has 1 atom stereocenters. The molecule has 1 amide bonds. The predicted octanol–water partition coefficient (Wildman–Crippen LogP) is 2.98. The van der Waals surface area contributed by atoms with E-state index in [9.17, 15) is 4.79 Å². The van der Waals surface area contributed by atoms with E-state index < -0.39 is 11.7 Å². The van der Waals surface area contributed by atoms with Crippen molar-refractivity contribution >= 4 is 23.1 Å². The second-order valence-corrected chi connectivity index (χ2v) is 7.01. The molecule has 8 nitrogen and oxygen atoms in total. The summed E-state index contributed by atoms with van der Waals surface area (Å²) in [6.07, 6.45) is 2.63. The summed E-state index contributed by atoms with van der Waals surface area (Å²) in [6.45, 7) is 7.40. The zero-order chi connectivity index (χ0) is 18.9. The molecule has 2 heterocycles. The Bertz CT molecular complexity index is 927. The number of amides is 1. The Balaban J connectivity index is 1.78. The molecule has 0 bridgehead atoms. The fourth-order valence-corrected chi connectivity index (χ4v) is 2.53. The molecule has 0 saturated carbocycles. The van der Waals surface area contributed by atoms with E-state index in [0.717, 1.165) is 11.3 Å². The Labute approximate surface area is 151 Å². The summed E-state index contributed by atoms with van der Waals surface area (Å²) in [5, 5.41) is 2.83. The first-order valence-electron chi connectivity index (χ1n) is 8.28. The lowest BCUT2D eigenvalue weighted by molar-refractivity contribution is 0.0508. The van der Waals surface area contributed by atoms with Crippen molar-refractivity contribution < 1.29 is 9.53 Å². The number of rotatable bonds is 3. The van der Waals surface area contributed by atoms with Crippen LogP contribution in [0, 0.1) is 0 Å². The van der Waals surface area contributed by atoms with Crippen LogP contribution in [0.2, 0.25) is 0 Å². The first-order chi connectivity index (χ1) is 12.2. The molecule has 0 aliphatic rings. The number of hydrogen-bond acceptors (Lipinski definition) is 6. The number of benzene rings is 1. The molecule has 3 N–H and O–H groups in total. The number of ether oxygens (including phenoxy) is 1. The normalized spacial score (nSPS) is 12.8. The van der Waals surface area contributed by atoms with Crippen LogP contribution in [0.25, 0.3) is 16.9 Å². The Kier molecular flexibility index (Phi) is 4.50. The molecule has 2 aromatic heterocycles. The molecule has 1 aromatic carbocycles. The van der Waals surface area contributed by atoms with E-state index in [1.807, 2.05) is 56.5 Å². The van der Waals surface area contributed by atoms with Crippen molar-refractivity contribution in [1.82, 2.24) is 24.8 Å². The van der Waals surface area contributed by atoms with E-state index in [-0.39, 0.29) is 6.04 Å². The lowest BCUT2D eigenvalue weighted by atomic mass is 10.1. The van der Waals surface area contributed by atoms with Gasteiger partial charge in [-0.15, -0.1) is 0 Å². The first-order valence-corrected chi connectivity index (χ1v) is 8.28. The number of nitrogen functional groups attached to an aromatic ring is 1. The van der Waals surface area contributed by atoms with Crippen LogP contribution >= 0.6 is 0 Å². The van der Waals surface area contributed by atoms with E-state index in [1.165, 1.54) is 6.33 Å². The van der Waals surface area contributed by atoms with E-state index in [2.05, 4.69) is 20.3 Å². The summed E-state index contributed by atoms with van der Waals surface area (Å²) in [4.78, 5) is 24.4. The van der Waals surface area contributed by atoms with Gasteiger partial charge in [0.1, 0.15) is 18.3 Å². The number of nitrogens with zero attached hydrogens (tertiary/aromatic N) is 4. The average Bonchev–Trinajstić information content (AvgIpc) is 2.98. The van der Waals surface area contributed by atoms with Crippen molar-refractivity contribution in [2.75, 3.05) is 5.73 Å². The third-order valence-electron chi connectivity index (χ3n) is 3.77. The fraction of sp³-hybridized carbons (Fsp3) is 0.333. The number of carbonyl (C=O) groups excluding carboxylic acids is 1. The van der Waals surface area contributed by atoms with Gasteiger partial charge in [0.25, 0.3) is 0 Å². The SMILES string of the molecule is C[C@H](NC(=O)OC(C)(C)C)c1ccc(-n2cnc3c(N)ncnc32)cc1. The van der Waals surface area contributed by atoms with Crippen LogP contribution in [0.3, 0.4) is 0 Å². The molecule has 3 rings (SSSR count). The number of nitrogens with one attached hydrogen (secondary N) is 1. The van der Waals surface area contributed by atoms with Gasteiger partial charge in [0.05, 0.1) is 6.04 Å². The molecule has 8 heteroatoms. The van der Waals surface area contributed by atoms with Crippen LogP contribution in [0.4, 0.5) is 10.6 Å². The molecule has 0 saturated heterocycles. The number of nitrogens with two attached hydrogens (primary N) is 1. The number of fused-ring (bicyclic) bond motifs is 1. The molecule has 0 fully saturated rings. The lowest BCUT2D eigenvalue weighted by Gasteiger charge is -2.22. The summed E-state index contributed by atoms with van der Waals surface area (Å²) in [5.74, 6) is 0.348. The van der Waals surface area contributed by atoms with E-state index in [1.54, 1.807) is 6.33 Å². The molecular formula is C18H22N6O2. The van der Waals surface area contributed by atoms with Crippen molar-refractivity contribution in [1.29, 1.82) is 0 Å². The fourth-order valence-electron chi connectivity index (χ4n) is 2.53. The summed E-state index contributed by atoms with van der Waals surface area (Å²) in [5.41, 5.74) is 8.35. The van der Waals surface area contributed by atoms with Gasteiger partial charge in [-0.3, -0.25) is 4.57 Å². The van der Waals surface area contributed by atoms with Gasteiger partial charge >= 0.3 is 6.09 Å². The van der Waals surface area contributed by atoms with Crippen LogP contribution in [-0.2, 0) is 4.74 Å². The molecule has 0 radical (unpaired) electrons. The number of imidazole rings is 1. The van der Waals surface area contributed by atoms with Gasteiger partial charge in [0, 0.05) is 5.69 Å². The largest absolute Gasteiger partial charge is 0.444 e. The maximum Gasteiger partial charge on any atom is 0.408 e. The van der Waals surface area contributed by atoms with Crippen molar-refractivity contribution in [3.63, 3.8) is 0 Å². The minimum atomic E-state index is -0.528. The minimum Gasteiger partial charge on any atom is -0.444 e. The molecule has 0 spiro atoms. The highest BCUT2D eigenvalue weighted by molar-refractivity contribution is 5.82. The maximum absolute atomic E-state index is 11.9. The third kappa shape index (κ3) is 3.74. The van der Waals surface area contributed by atoms with Gasteiger partial charge in [-0.05, 0) is 45.4 Å². The van der Waals surface area contributed by atoms with Crippen molar-refractivity contribution in [3.8, 4) is 5.69 Å². The summed E-state index contributed by atoms with van der Waals surface area (Å²) < 4.78 is 7.12. The van der Waals surface area contributed by atoms with Crippen LogP contribution in [-0.4, -0.2) is 31.2 Å². The van der Waals surface area contributed by atoms with Crippen LogP contribution < -0.4 is 11.1 Å². The molecule has 136 valence electrons. The summed E-state index contributed by atoms with van der Waals surface area (Å²) >= 11 is 0. The van der Waals surface area contributed by atoms with Gasteiger partial charge < -0.3 is 15.8 Å². The topological polar surface area (TPSA) is 108 Å². The quantitative estimate of drug-likeness (QED) is 0.748. The van der Waals surface area contributed by atoms with Gasteiger partial charge in [-0.1, -0.05) is 12.1 Å². The van der Waals surface area contributed by atoms with Crippen molar-refractivity contribution in [2.24, 2.45) is 0 Å². The van der Waals surface area contributed by atoms with Crippen LogP contribution in [0.5, 0.6) is 0 Å². The lowest BCUT2D eigenvalue weighted by Crippen LogP contribution is -2.34. The first kappa shape index (κ1) is 17.7. The molecule has 0 aliphatic heterocycles. The Morgan fingerprint density at radius 2 is 1.88 bits per heavy atom. The number of anilines is 1. The van der Waals surface area contributed by atoms with Crippen molar-refractivity contribution in [2.45, 2.75) is 39.3 Å². The predicted molar refractivity (Wildman–Crippen MR) is 98.9 cm³/mol. The minimum absolute atomic E-state index is 0.184. The Morgan fingerprint density at radius 1 is 1.19 bits per heavy atom. The second kappa shape index (κ2) is 6.62. The maximum atomic E-state index is 11.9. The van der Waals surface area contributed by atoms with Gasteiger partial charge in [0.15, 0.2) is 17.0 Å². The Morgan fingerprint density at radius 3 is 2.54 bits per heavy atom. The number of alkyl carbamates (subject to hydrolysis) is 1. The standard InChI is InChI=1S/C18H22N6O2/c1-11(23-17(25)26-18(2,3)4)12-5-7-13(8-6-12)24-10-22-14-15(19)20-9-21-16(14)24/h5-11H,1-4H3,(H,23,25)(H2,19,20,21)/t11-/m0/s1. The van der Waals surface area contributed by atoms with Gasteiger partial charge in [0.2, 0.25) is 0 Å². The van der Waals surface area contributed by atoms with E-state index in [0.29, 0.717) is 17.0 Å². The number of aromatic nitrogens is 4. The molecule has 0 unspecified atom stereocenters. The monoisotopic (exact) mass is 354 g/mol. The highest BCUT2D eigenvalue weighted by atomic mass is 16.6. The molecule has 3 aromatic rings. The van der Waals surface area contributed by atoms with Gasteiger partial charge in [-0.25, -0.2) is 19.7 Å². The van der Waals surface area contributed by atoms with E-state index >= 15 is 0 Å². The molecular weight excluding hydrogens is 332 g/mol. The van der Waals surface area contributed by atoms with Crippen molar-refractivity contribution in [3.05, 3.63) is 42.5 Å². The summed E-state index contributed by atoms with van der Waals surface area (Å²) in [6, 6.07) is 7.56. The molecule has 26 heavy (non-hydrogen) atoms. The molecule has 0 aliphatic carbocycles. The van der Waals surface area contributed by atoms with Crippen LogP contribution in [0.15, 0.2) is 36.9 Å². The van der Waals surface area contributed by atoms with Gasteiger partial charge in [-0.2, -0.15) is 0 Å². The zero-order valence-corrected chi connectivity index (χ0v) is 15.2.